The lowest BCUT2D eigenvalue weighted by Gasteiger charge is -2.26. The van der Waals surface area contributed by atoms with E-state index in [4.69, 9.17) is 4.52 Å². The Labute approximate surface area is 91.6 Å². The predicted molar refractivity (Wildman–Crippen MR) is 63.5 cm³/mol. The Bertz CT molecular complexity index is 336. The van der Waals surface area contributed by atoms with Gasteiger partial charge in [0.25, 0.3) is 0 Å². The number of hydrogen-bond donors (Lipinski definition) is 0. The van der Waals surface area contributed by atoms with Gasteiger partial charge in [0, 0.05) is 19.8 Å². The minimum atomic E-state index is -2.69. The van der Waals surface area contributed by atoms with Gasteiger partial charge in [-0.25, -0.2) is 4.67 Å². The Balaban J connectivity index is 2.76. The molecule has 0 aliphatic carbocycles. The molecule has 0 saturated carbocycles. The van der Waals surface area contributed by atoms with E-state index in [2.05, 4.69) is 0 Å². The van der Waals surface area contributed by atoms with Crippen molar-refractivity contribution in [3.05, 3.63) is 30.3 Å². The molecule has 0 N–H and O–H groups in total. The van der Waals surface area contributed by atoms with Crippen LogP contribution in [0, 0.1) is 0 Å². The summed E-state index contributed by atoms with van der Waals surface area (Å²) in [7, 11) is -2.69. The number of nitrogens with zero attached hydrogens (tertiary/aromatic N) is 1. The van der Waals surface area contributed by atoms with E-state index in [1.54, 1.807) is 6.66 Å². The fourth-order valence-electron chi connectivity index (χ4n) is 1.47. The van der Waals surface area contributed by atoms with Crippen LogP contribution in [0.3, 0.4) is 0 Å². The largest absolute Gasteiger partial charge is 0.433 e. The molecule has 0 aromatic heterocycles. The van der Waals surface area contributed by atoms with Gasteiger partial charge in [-0.15, -0.1) is 0 Å². The summed E-state index contributed by atoms with van der Waals surface area (Å²) in [5.41, 5.74) is 0. The number of hydrogen-bond acceptors (Lipinski definition) is 2. The zero-order chi connectivity index (χ0) is 11.3. The average Bonchev–Trinajstić information content (AvgIpc) is 2.19. The fourth-order valence-corrected chi connectivity index (χ4v) is 3.13. The van der Waals surface area contributed by atoms with Crippen LogP contribution in [-0.4, -0.2) is 24.4 Å². The summed E-state index contributed by atoms with van der Waals surface area (Å²) in [5, 5.41) is 0. The molecule has 1 atom stereocenters. The molecule has 0 unspecified atom stereocenters. The van der Waals surface area contributed by atoms with E-state index in [1.807, 2.05) is 48.8 Å². The summed E-state index contributed by atoms with van der Waals surface area (Å²) in [4.78, 5) is 0. The normalized spacial score (nSPS) is 14.9. The average molecular weight is 227 g/mol. The van der Waals surface area contributed by atoms with Crippen molar-refractivity contribution in [3.8, 4) is 5.75 Å². The second kappa shape index (κ2) is 5.34. The molecule has 84 valence electrons. The standard InChI is InChI=1S/C11H18NO2P/c1-4-12(5-2)15(3,13)14-11-9-7-6-8-10-11/h6-10H,4-5H2,1-3H3/t15-/m0/s1. The van der Waals surface area contributed by atoms with Gasteiger partial charge in [0.15, 0.2) is 0 Å². The Morgan fingerprint density at radius 1 is 1.20 bits per heavy atom. The van der Waals surface area contributed by atoms with Crippen LogP contribution in [0.2, 0.25) is 0 Å². The van der Waals surface area contributed by atoms with Crippen LogP contribution in [-0.2, 0) is 4.57 Å². The molecular weight excluding hydrogens is 209 g/mol. The Kier molecular flexibility index (Phi) is 4.37. The molecule has 0 aliphatic heterocycles. The molecule has 0 radical (unpaired) electrons. The highest BCUT2D eigenvalue weighted by Crippen LogP contribution is 2.46. The van der Waals surface area contributed by atoms with Gasteiger partial charge >= 0.3 is 7.52 Å². The SMILES string of the molecule is CCN(CC)[P@@](C)(=O)Oc1ccccc1. The van der Waals surface area contributed by atoms with E-state index in [0.29, 0.717) is 5.75 Å². The first-order valence-corrected chi connectivity index (χ1v) is 7.20. The van der Waals surface area contributed by atoms with Crippen molar-refractivity contribution in [1.82, 2.24) is 4.67 Å². The van der Waals surface area contributed by atoms with E-state index in [-0.39, 0.29) is 0 Å². The molecular formula is C11H18NO2P. The lowest BCUT2D eigenvalue weighted by atomic mass is 10.3. The molecule has 1 rings (SSSR count). The van der Waals surface area contributed by atoms with Gasteiger partial charge in [-0.2, -0.15) is 0 Å². The third kappa shape index (κ3) is 3.37. The summed E-state index contributed by atoms with van der Waals surface area (Å²) in [6.07, 6.45) is 0. The maximum Gasteiger partial charge on any atom is 0.316 e. The van der Waals surface area contributed by atoms with Crippen molar-refractivity contribution in [2.75, 3.05) is 19.8 Å². The van der Waals surface area contributed by atoms with Crippen molar-refractivity contribution in [2.45, 2.75) is 13.8 Å². The molecule has 1 aromatic carbocycles. The quantitative estimate of drug-likeness (QED) is 0.723. The summed E-state index contributed by atoms with van der Waals surface area (Å²) in [6.45, 7) is 7.09. The van der Waals surface area contributed by atoms with Crippen molar-refractivity contribution < 1.29 is 9.09 Å². The van der Waals surface area contributed by atoms with Gasteiger partial charge in [-0.3, -0.25) is 4.57 Å². The highest BCUT2D eigenvalue weighted by atomic mass is 31.2. The lowest BCUT2D eigenvalue weighted by Crippen LogP contribution is -2.21. The van der Waals surface area contributed by atoms with Gasteiger partial charge in [-0.05, 0) is 12.1 Å². The Morgan fingerprint density at radius 2 is 1.73 bits per heavy atom. The van der Waals surface area contributed by atoms with Crippen LogP contribution in [0.15, 0.2) is 30.3 Å². The molecule has 1 aromatic rings. The van der Waals surface area contributed by atoms with Crippen LogP contribution in [0.1, 0.15) is 13.8 Å². The maximum absolute atomic E-state index is 12.2. The second-order valence-electron chi connectivity index (χ2n) is 3.35. The molecule has 0 spiro atoms. The molecule has 0 amide bonds. The van der Waals surface area contributed by atoms with Gasteiger partial charge in [0.05, 0.1) is 0 Å². The topological polar surface area (TPSA) is 29.5 Å². The van der Waals surface area contributed by atoms with E-state index in [0.717, 1.165) is 13.1 Å². The zero-order valence-electron chi connectivity index (χ0n) is 9.51. The molecule has 0 saturated heterocycles. The maximum atomic E-state index is 12.2. The fraction of sp³-hybridized carbons (Fsp3) is 0.455. The molecule has 0 heterocycles. The number of para-hydroxylation sites is 1. The Morgan fingerprint density at radius 3 is 2.20 bits per heavy atom. The molecule has 15 heavy (non-hydrogen) atoms. The van der Waals surface area contributed by atoms with Gasteiger partial charge < -0.3 is 4.52 Å². The highest BCUT2D eigenvalue weighted by molar-refractivity contribution is 7.56. The summed E-state index contributed by atoms with van der Waals surface area (Å²) >= 11 is 0. The third-order valence-electron chi connectivity index (χ3n) is 2.26. The van der Waals surface area contributed by atoms with Crippen LogP contribution in [0.5, 0.6) is 5.75 Å². The van der Waals surface area contributed by atoms with Crippen molar-refractivity contribution in [1.29, 1.82) is 0 Å². The molecule has 0 bridgehead atoms. The summed E-state index contributed by atoms with van der Waals surface area (Å²) < 4.78 is 19.6. The van der Waals surface area contributed by atoms with Crippen LogP contribution in [0.25, 0.3) is 0 Å². The second-order valence-corrected chi connectivity index (χ2v) is 5.70. The summed E-state index contributed by atoms with van der Waals surface area (Å²) in [6, 6.07) is 9.29. The number of rotatable bonds is 5. The van der Waals surface area contributed by atoms with Gasteiger partial charge in [0.2, 0.25) is 0 Å². The predicted octanol–water partition coefficient (Wildman–Crippen LogP) is 3.23. The first kappa shape index (κ1) is 12.3. The van der Waals surface area contributed by atoms with Crippen molar-refractivity contribution in [3.63, 3.8) is 0 Å². The monoisotopic (exact) mass is 227 g/mol. The van der Waals surface area contributed by atoms with Gasteiger partial charge in [-0.1, -0.05) is 32.0 Å². The van der Waals surface area contributed by atoms with Gasteiger partial charge in [0.1, 0.15) is 5.75 Å². The van der Waals surface area contributed by atoms with E-state index >= 15 is 0 Å². The minimum absolute atomic E-state index is 0.662. The summed E-state index contributed by atoms with van der Waals surface area (Å²) in [5.74, 6) is 0.662. The molecule has 0 fully saturated rings. The van der Waals surface area contributed by atoms with Crippen LogP contribution >= 0.6 is 7.52 Å². The van der Waals surface area contributed by atoms with E-state index in [1.165, 1.54) is 0 Å². The Hall–Kier alpha value is -0.790. The minimum Gasteiger partial charge on any atom is -0.433 e. The van der Waals surface area contributed by atoms with Crippen LogP contribution in [0.4, 0.5) is 0 Å². The van der Waals surface area contributed by atoms with Crippen LogP contribution < -0.4 is 4.52 Å². The first-order chi connectivity index (χ1) is 7.10. The lowest BCUT2D eigenvalue weighted by molar-refractivity contribution is 0.376. The smallest absolute Gasteiger partial charge is 0.316 e. The van der Waals surface area contributed by atoms with Crippen molar-refractivity contribution in [2.24, 2.45) is 0 Å². The molecule has 4 heteroatoms. The molecule has 0 aliphatic rings. The highest BCUT2D eigenvalue weighted by Gasteiger charge is 2.24. The first-order valence-electron chi connectivity index (χ1n) is 5.17. The van der Waals surface area contributed by atoms with Crippen molar-refractivity contribution >= 4 is 7.52 Å². The van der Waals surface area contributed by atoms with E-state index in [9.17, 15) is 4.57 Å². The molecule has 3 nitrogen and oxygen atoms in total. The zero-order valence-corrected chi connectivity index (χ0v) is 10.4. The third-order valence-corrected chi connectivity index (χ3v) is 4.40. The van der Waals surface area contributed by atoms with E-state index < -0.39 is 7.52 Å². The number of benzene rings is 1.